The largest absolute Gasteiger partial charge is 0.449 e. The monoisotopic (exact) mass is 539 g/mol. The van der Waals surface area contributed by atoms with Crippen LogP contribution in [0.25, 0.3) is 0 Å². The van der Waals surface area contributed by atoms with E-state index in [4.69, 9.17) is 14.2 Å². The highest BCUT2D eigenvalue weighted by Gasteiger charge is 2.43. The maximum absolute atomic E-state index is 14.7. The molecule has 11 heteroatoms. The van der Waals surface area contributed by atoms with Crippen molar-refractivity contribution in [2.45, 2.75) is 38.4 Å². The predicted molar refractivity (Wildman–Crippen MR) is 138 cm³/mol. The van der Waals surface area contributed by atoms with Crippen molar-refractivity contribution in [3.63, 3.8) is 0 Å². The van der Waals surface area contributed by atoms with E-state index in [0.29, 0.717) is 32.0 Å². The summed E-state index contributed by atoms with van der Waals surface area (Å²) in [5, 5.41) is 2.74. The number of nitrogens with zero attached hydrogens (tertiary/aromatic N) is 2. The number of morpholine rings is 2. The van der Waals surface area contributed by atoms with Crippen LogP contribution in [0.1, 0.15) is 34.8 Å². The molecular weight excluding hydrogens is 509 g/mol. The van der Waals surface area contributed by atoms with Crippen molar-refractivity contribution in [1.29, 1.82) is 0 Å². The van der Waals surface area contributed by atoms with Crippen molar-refractivity contribution >= 4 is 35.1 Å². The molecule has 2 aromatic rings. The van der Waals surface area contributed by atoms with Gasteiger partial charge in [0.25, 0.3) is 17.7 Å². The Balaban J connectivity index is 1.36. The number of ether oxygens (including phenoxy) is 3. The van der Waals surface area contributed by atoms with Gasteiger partial charge in [-0.2, -0.15) is 0 Å². The van der Waals surface area contributed by atoms with Crippen molar-refractivity contribution in [2.75, 3.05) is 49.7 Å². The Labute approximate surface area is 225 Å². The normalized spacial score (nSPS) is 19.8. The molecule has 2 aliphatic heterocycles. The first-order valence-corrected chi connectivity index (χ1v) is 13.0. The van der Waals surface area contributed by atoms with Crippen molar-refractivity contribution in [2.24, 2.45) is 0 Å². The quantitative estimate of drug-likeness (QED) is 0.559. The molecule has 0 unspecified atom stereocenters. The van der Waals surface area contributed by atoms with Gasteiger partial charge < -0.3 is 29.3 Å². The molecule has 206 valence electrons. The van der Waals surface area contributed by atoms with E-state index >= 15 is 0 Å². The van der Waals surface area contributed by atoms with E-state index in [1.807, 2.05) is 12.1 Å². The SMILES string of the molecule is CC(=O)O[C@@H](C(=O)Nc1ccc2c(c1)CCC2)[C@H]1OCCN(c2ccc(F)c(C(=O)N3CCOCC3)c2)C1=O. The molecule has 0 bridgehead atoms. The van der Waals surface area contributed by atoms with Gasteiger partial charge in [0, 0.05) is 37.9 Å². The zero-order chi connectivity index (χ0) is 27.5. The van der Waals surface area contributed by atoms with Crippen LogP contribution < -0.4 is 10.2 Å². The smallest absolute Gasteiger partial charge is 0.303 e. The molecule has 1 N–H and O–H groups in total. The number of esters is 1. The number of hydrogen-bond donors (Lipinski definition) is 1. The number of aryl methyl sites for hydroxylation is 2. The van der Waals surface area contributed by atoms with Crippen LogP contribution in [-0.4, -0.2) is 80.3 Å². The van der Waals surface area contributed by atoms with Crippen LogP contribution in [0.5, 0.6) is 0 Å². The molecule has 2 fully saturated rings. The van der Waals surface area contributed by atoms with Gasteiger partial charge in [0.05, 0.1) is 25.4 Å². The number of hydrogen-bond acceptors (Lipinski definition) is 7. The second-order valence-electron chi connectivity index (χ2n) is 9.71. The zero-order valence-corrected chi connectivity index (χ0v) is 21.6. The zero-order valence-electron chi connectivity index (χ0n) is 21.6. The van der Waals surface area contributed by atoms with Crippen LogP contribution in [-0.2, 0) is 41.4 Å². The third-order valence-electron chi connectivity index (χ3n) is 7.10. The summed E-state index contributed by atoms with van der Waals surface area (Å²) in [6.45, 7) is 2.68. The van der Waals surface area contributed by atoms with Gasteiger partial charge in [-0.05, 0) is 60.7 Å². The third kappa shape index (κ3) is 5.79. The number of anilines is 2. The van der Waals surface area contributed by atoms with Gasteiger partial charge in [0.1, 0.15) is 5.82 Å². The third-order valence-corrected chi connectivity index (χ3v) is 7.10. The van der Waals surface area contributed by atoms with Crippen molar-refractivity contribution in [3.05, 3.63) is 58.9 Å². The molecule has 0 aromatic heterocycles. The number of amides is 3. The summed E-state index contributed by atoms with van der Waals surface area (Å²) in [5.74, 6) is -3.31. The minimum absolute atomic E-state index is 0.0322. The van der Waals surface area contributed by atoms with Gasteiger partial charge in [0.2, 0.25) is 6.10 Å². The second-order valence-corrected chi connectivity index (χ2v) is 9.71. The van der Waals surface area contributed by atoms with Crippen LogP contribution in [0.3, 0.4) is 0 Å². The fourth-order valence-electron chi connectivity index (χ4n) is 5.16. The maximum Gasteiger partial charge on any atom is 0.303 e. The first kappa shape index (κ1) is 26.8. The van der Waals surface area contributed by atoms with Gasteiger partial charge in [-0.15, -0.1) is 0 Å². The molecule has 1 aliphatic carbocycles. The lowest BCUT2D eigenvalue weighted by atomic mass is 10.1. The van der Waals surface area contributed by atoms with Crippen molar-refractivity contribution in [3.8, 4) is 0 Å². The topological polar surface area (TPSA) is 114 Å². The Morgan fingerprint density at radius 1 is 1.03 bits per heavy atom. The molecule has 3 aliphatic rings. The summed E-state index contributed by atoms with van der Waals surface area (Å²) < 4.78 is 30.8. The van der Waals surface area contributed by atoms with Gasteiger partial charge in [-0.1, -0.05) is 6.07 Å². The Hall–Kier alpha value is -3.83. The number of fused-ring (bicyclic) bond motifs is 1. The molecule has 10 nitrogen and oxygen atoms in total. The van der Waals surface area contributed by atoms with Crippen LogP contribution in [0.15, 0.2) is 36.4 Å². The minimum Gasteiger partial charge on any atom is -0.449 e. The number of nitrogens with one attached hydrogen (secondary N) is 1. The fraction of sp³-hybridized carbons (Fsp3) is 0.429. The molecule has 39 heavy (non-hydrogen) atoms. The second kappa shape index (κ2) is 11.5. The maximum atomic E-state index is 14.7. The summed E-state index contributed by atoms with van der Waals surface area (Å²) in [6, 6.07) is 9.44. The Morgan fingerprint density at radius 3 is 2.56 bits per heavy atom. The van der Waals surface area contributed by atoms with Crippen LogP contribution in [0, 0.1) is 5.82 Å². The molecular formula is C28H30FN3O7. The van der Waals surface area contributed by atoms with E-state index in [1.54, 1.807) is 6.07 Å². The van der Waals surface area contributed by atoms with E-state index in [-0.39, 0.29) is 24.4 Å². The van der Waals surface area contributed by atoms with E-state index in [0.717, 1.165) is 37.8 Å². The number of benzene rings is 2. The van der Waals surface area contributed by atoms with E-state index in [1.165, 1.54) is 27.5 Å². The number of carbonyl (C=O) groups excluding carboxylic acids is 4. The van der Waals surface area contributed by atoms with Crippen LogP contribution in [0.2, 0.25) is 0 Å². The number of rotatable bonds is 6. The average molecular weight is 540 g/mol. The van der Waals surface area contributed by atoms with Crippen molar-refractivity contribution in [1.82, 2.24) is 4.90 Å². The van der Waals surface area contributed by atoms with Crippen molar-refractivity contribution < 1.29 is 37.8 Å². The molecule has 5 rings (SSSR count). The van der Waals surface area contributed by atoms with Gasteiger partial charge >= 0.3 is 5.97 Å². The highest BCUT2D eigenvalue weighted by atomic mass is 19.1. The van der Waals surface area contributed by atoms with E-state index in [9.17, 15) is 23.6 Å². The van der Waals surface area contributed by atoms with Gasteiger partial charge in [-0.25, -0.2) is 4.39 Å². The summed E-state index contributed by atoms with van der Waals surface area (Å²) in [7, 11) is 0. The molecule has 2 atom stereocenters. The molecule has 2 aromatic carbocycles. The average Bonchev–Trinajstić information content (AvgIpc) is 3.40. The summed E-state index contributed by atoms with van der Waals surface area (Å²) in [6.07, 6.45) is -0.0318. The van der Waals surface area contributed by atoms with E-state index in [2.05, 4.69) is 5.32 Å². The highest BCUT2D eigenvalue weighted by molar-refractivity contribution is 6.05. The minimum atomic E-state index is -1.55. The van der Waals surface area contributed by atoms with Gasteiger partial charge in [-0.3, -0.25) is 19.2 Å². The lowest BCUT2D eigenvalue weighted by Gasteiger charge is -2.35. The van der Waals surface area contributed by atoms with E-state index < -0.39 is 41.7 Å². The fourth-order valence-corrected chi connectivity index (χ4v) is 5.16. The van der Waals surface area contributed by atoms with Crippen LogP contribution >= 0.6 is 0 Å². The molecule has 0 spiro atoms. The molecule has 2 saturated heterocycles. The highest BCUT2D eigenvalue weighted by Crippen LogP contribution is 2.27. The lowest BCUT2D eigenvalue weighted by Crippen LogP contribution is -2.56. The Morgan fingerprint density at radius 2 is 1.79 bits per heavy atom. The summed E-state index contributed by atoms with van der Waals surface area (Å²) >= 11 is 0. The standard InChI is InChI=1S/C28H30FN3O7/c1-17(33)39-24(26(34)30-20-6-5-18-3-2-4-19(18)15-20)25-28(36)32(11-14-38-25)21-7-8-23(29)22(16-21)27(35)31-9-12-37-13-10-31/h5-8,15-16,24-25H,2-4,9-14H2,1H3,(H,30,34)/t24-,25-/m1/s1. The van der Waals surface area contributed by atoms with Gasteiger partial charge in [0.15, 0.2) is 6.10 Å². The molecule has 2 heterocycles. The predicted octanol–water partition coefficient (Wildman–Crippen LogP) is 2.09. The lowest BCUT2D eigenvalue weighted by molar-refractivity contribution is -0.167. The summed E-state index contributed by atoms with van der Waals surface area (Å²) in [5.41, 5.74) is 3.01. The number of halogens is 1. The number of carbonyl (C=O) groups is 4. The van der Waals surface area contributed by atoms with Crippen LogP contribution in [0.4, 0.5) is 15.8 Å². The Bertz CT molecular complexity index is 1290. The molecule has 3 amide bonds. The first-order chi connectivity index (χ1) is 18.8. The molecule has 0 saturated carbocycles. The molecule has 0 radical (unpaired) electrons. The first-order valence-electron chi connectivity index (χ1n) is 13.0. The Kier molecular flexibility index (Phi) is 7.89. The summed E-state index contributed by atoms with van der Waals surface area (Å²) in [4.78, 5) is 54.5.